The van der Waals surface area contributed by atoms with Crippen molar-refractivity contribution in [3.8, 4) is 45.7 Å². The van der Waals surface area contributed by atoms with Crippen molar-refractivity contribution in [3.05, 3.63) is 72.5 Å². The molecule has 25 heavy (non-hydrogen) atoms. The lowest BCUT2D eigenvalue weighted by molar-refractivity contribution is 0.397. The van der Waals surface area contributed by atoms with E-state index in [9.17, 15) is 5.26 Å². The summed E-state index contributed by atoms with van der Waals surface area (Å²) >= 11 is 0. The van der Waals surface area contributed by atoms with Crippen LogP contribution in [0.15, 0.2) is 71.3 Å². The van der Waals surface area contributed by atoms with Crippen LogP contribution in [0.4, 0.5) is 0 Å². The second kappa shape index (κ2) is 6.14. The van der Waals surface area contributed by atoms with E-state index in [-0.39, 0.29) is 0 Å². The van der Waals surface area contributed by atoms with Crippen LogP contribution in [0, 0.1) is 11.3 Å². The van der Waals surface area contributed by atoms with E-state index in [2.05, 4.69) is 29.3 Å². The molecule has 2 aromatic heterocycles. The average Bonchev–Trinajstić information content (AvgIpc) is 3.26. The Kier molecular flexibility index (Phi) is 3.68. The molecule has 0 saturated heterocycles. The molecule has 120 valence electrons. The molecule has 4 rings (SSSR count). The molecule has 0 bridgehead atoms. The lowest BCUT2D eigenvalue weighted by Crippen LogP contribution is -1.97. The molecule has 0 N–H and O–H groups in total. The summed E-state index contributed by atoms with van der Waals surface area (Å²) in [6.45, 7) is 0. The zero-order valence-electron chi connectivity index (χ0n) is 13.6. The summed E-state index contributed by atoms with van der Waals surface area (Å²) in [5.74, 6) is 0.904. The predicted molar refractivity (Wildman–Crippen MR) is 95.3 cm³/mol. The van der Waals surface area contributed by atoms with Gasteiger partial charge < -0.3 is 9.15 Å². The van der Waals surface area contributed by atoms with Crippen molar-refractivity contribution in [1.82, 2.24) is 4.98 Å². The van der Waals surface area contributed by atoms with Gasteiger partial charge in [-0.1, -0.05) is 42.5 Å². The van der Waals surface area contributed by atoms with Crippen LogP contribution < -0.4 is 4.74 Å². The van der Waals surface area contributed by atoms with Gasteiger partial charge in [-0.15, -0.1) is 0 Å². The highest BCUT2D eigenvalue weighted by molar-refractivity contribution is 5.87. The first-order valence-electron chi connectivity index (χ1n) is 7.83. The van der Waals surface area contributed by atoms with E-state index < -0.39 is 0 Å². The Balaban J connectivity index is 1.97. The van der Waals surface area contributed by atoms with Crippen LogP contribution in [-0.4, -0.2) is 12.1 Å². The molecule has 0 unspecified atom stereocenters. The van der Waals surface area contributed by atoms with Gasteiger partial charge in [-0.2, -0.15) is 5.26 Å². The molecular formula is C21H14N2O2. The molecule has 4 nitrogen and oxygen atoms in total. The van der Waals surface area contributed by atoms with Gasteiger partial charge in [0.15, 0.2) is 0 Å². The molecule has 0 fully saturated rings. The fourth-order valence-electron chi connectivity index (χ4n) is 2.98. The SMILES string of the molecule is COc1nc(-c2ccc3cccccc2-3)cc(-c2ccco2)c1C#N. The third-order valence-corrected chi connectivity index (χ3v) is 4.15. The highest BCUT2D eigenvalue weighted by atomic mass is 16.5. The monoisotopic (exact) mass is 326 g/mol. The van der Waals surface area contributed by atoms with Crippen molar-refractivity contribution in [1.29, 1.82) is 5.26 Å². The minimum atomic E-state index is 0.293. The van der Waals surface area contributed by atoms with Crippen molar-refractivity contribution >= 4 is 0 Å². The van der Waals surface area contributed by atoms with Crippen molar-refractivity contribution in [2.75, 3.05) is 7.11 Å². The number of fused-ring (bicyclic) bond motifs is 1. The Morgan fingerprint density at radius 2 is 1.84 bits per heavy atom. The molecular weight excluding hydrogens is 312 g/mol. The Morgan fingerprint density at radius 3 is 2.60 bits per heavy atom. The lowest BCUT2D eigenvalue weighted by atomic mass is 10.0. The fraction of sp³-hybridized carbons (Fsp3) is 0.0476. The van der Waals surface area contributed by atoms with Crippen LogP contribution in [0.5, 0.6) is 5.88 Å². The Hall–Kier alpha value is -3.58. The third-order valence-electron chi connectivity index (χ3n) is 4.15. The standard InChI is InChI=1S/C21H14N2O2/c1-24-21-18(13-22)17(20-8-5-11-25-20)12-19(23-21)16-10-9-14-6-3-2-4-7-15(14)16/h2-12H,1H3. The molecule has 0 aromatic carbocycles. The van der Waals surface area contributed by atoms with Gasteiger partial charge in [-0.05, 0) is 29.3 Å². The average molecular weight is 326 g/mol. The van der Waals surface area contributed by atoms with Crippen LogP contribution >= 0.6 is 0 Å². The molecule has 0 amide bonds. The predicted octanol–water partition coefficient (Wildman–Crippen LogP) is 4.99. The van der Waals surface area contributed by atoms with Gasteiger partial charge in [-0.3, -0.25) is 0 Å². The maximum Gasteiger partial charge on any atom is 0.232 e. The van der Waals surface area contributed by atoms with E-state index in [0.29, 0.717) is 22.8 Å². The van der Waals surface area contributed by atoms with E-state index in [1.165, 1.54) is 7.11 Å². The summed E-state index contributed by atoms with van der Waals surface area (Å²) in [5.41, 5.74) is 4.98. The molecule has 0 aliphatic heterocycles. The summed E-state index contributed by atoms with van der Waals surface area (Å²) < 4.78 is 10.9. The lowest BCUT2D eigenvalue weighted by Gasteiger charge is -2.10. The minimum Gasteiger partial charge on any atom is -0.480 e. The second-order valence-corrected chi connectivity index (χ2v) is 5.56. The maximum absolute atomic E-state index is 9.54. The van der Waals surface area contributed by atoms with Crippen LogP contribution in [-0.2, 0) is 0 Å². The number of hydrogen-bond acceptors (Lipinski definition) is 4. The molecule has 0 spiro atoms. The largest absolute Gasteiger partial charge is 0.480 e. The first kappa shape index (κ1) is 15.0. The van der Waals surface area contributed by atoms with Crippen molar-refractivity contribution < 1.29 is 9.15 Å². The molecule has 0 saturated carbocycles. The molecule has 0 radical (unpaired) electrons. The highest BCUT2D eigenvalue weighted by Crippen LogP contribution is 2.38. The van der Waals surface area contributed by atoms with E-state index in [4.69, 9.17) is 9.15 Å². The zero-order chi connectivity index (χ0) is 17.2. The molecule has 0 atom stereocenters. The summed E-state index contributed by atoms with van der Waals surface area (Å²) in [6, 6.07) is 21.9. The first-order chi connectivity index (χ1) is 12.3. The number of hydrogen-bond donors (Lipinski definition) is 0. The summed E-state index contributed by atoms with van der Waals surface area (Å²) in [7, 11) is 1.52. The summed E-state index contributed by atoms with van der Waals surface area (Å²) in [5, 5.41) is 9.54. The molecule has 2 aliphatic carbocycles. The van der Waals surface area contributed by atoms with Crippen LogP contribution in [0.25, 0.3) is 33.7 Å². The highest BCUT2D eigenvalue weighted by Gasteiger charge is 2.19. The first-order valence-corrected chi connectivity index (χ1v) is 7.83. The smallest absolute Gasteiger partial charge is 0.232 e. The fourth-order valence-corrected chi connectivity index (χ4v) is 2.98. The number of nitrogens with zero attached hydrogens (tertiary/aromatic N) is 2. The van der Waals surface area contributed by atoms with Gasteiger partial charge in [0, 0.05) is 11.1 Å². The Bertz CT molecular complexity index is 1050. The maximum atomic E-state index is 9.54. The van der Waals surface area contributed by atoms with E-state index >= 15 is 0 Å². The molecule has 2 aliphatic rings. The van der Waals surface area contributed by atoms with Gasteiger partial charge in [-0.25, -0.2) is 4.98 Å². The summed E-state index contributed by atoms with van der Waals surface area (Å²) in [6.07, 6.45) is 1.58. The quantitative estimate of drug-likeness (QED) is 0.532. The number of nitriles is 1. The van der Waals surface area contributed by atoms with Crippen molar-refractivity contribution in [2.45, 2.75) is 0 Å². The van der Waals surface area contributed by atoms with Crippen LogP contribution in [0.1, 0.15) is 5.56 Å². The number of furan rings is 1. The Labute approximate surface area is 145 Å². The normalized spacial score (nSPS) is 10.6. The number of rotatable bonds is 3. The van der Waals surface area contributed by atoms with E-state index in [1.54, 1.807) is 12.3 Å². The van der Waals surface area contributed by atoms with Gasteiger partial charge >= 0.3 is 0 Å². The van der Waals surface area contributed by atoms with E-state index in [0.717, 1.165) is 22.4 Å². The molecule has 2 aromatic rings. The molecule has 2 heterocycles. The summed E-state index contributed by atoms with van der Waals surface area (Å²) in [4.78, 5) is 4.56. The van der Waals surface area contributed by atoms with Crippen LogP contribution in [0.3, 0.4) is 0 Å². The second-order valence-electron chi connectivity index (χ2n) is 5.56. The Morgan fingerprint density at radius 1 is 0.960 bits per heavy atom. The third kappa shape index (κ3) is 2.52. The van der Waals surface area contributed by atoms with E-state index in [1.807, 2.05) is 36.4 Å². The number of ether oxygens (including phenoxy) is 1. The van der Waals surface area contributed by atoms with Crippen LogP contribution in [0.2, 0.25) is 0 Å². The van der Waals surface area contributed by atoms with Crippen molar-refractivity contribution in [2.24, 2.45) is 0 Å². The van der Waals surface area contributed by atoms with Gasteiger partial charge in [0.2, 0.25) is 5.88 Å². The van der Waals surface area contributed by atoms with Gasteiger partial charge in [0.1, 0.15) is 17.4 Å². The number of pyridine rings is 1. The minimum absolute atomic E-state index is 0.293. The van der Waals surface area contributed by atoms with Gasteiger partial charge in [0.25, 0.3) is 0 Å². The van der Waals surface area contributed by atoms with Gasteiger partial charge in [0.05, 0.1) is 19.1 Å². The number of methoxy groups -OCH3 is 1. The number of aromatic nitrogens is 1. The van der Waals surface area contributed by atoms with Crippen molar-refractivity contribution in [3.63, 3.8) is 0 Å². The topological polar surface area (TPSA) is 59.1 Å². The molecule has 4 heteroatoms. The zero-order valence-corrected chi connectivity index (χ0v) is 13.6.